The summed E-state index contributed by atoms with van der Waals surface area (Å²) in [5, 5.41) is 15.0. The molecule has 0 saturated heterocycles. The van der Waals surface area contributed by atoms with E-state index in [-0.39, 0.29) is 5.75 Å². The number of aryl methyl sites for hydroxylation is 1. The number of fused-ring (bicyclic) bond motifs is 1. The third-order valence-corrected chi connectivity index (χ3v) is 6.15. The first-order valence-electron chi connectivity index (χ1n) is 8.71. The molecule has 0 saturated carbocycles. The van der Waals surface area contributed by atoms with Gasteiger partial charge in [-0.25, -0.2) is 9.97 Å². The number of rotatable bonds is 6. The molecule has 0 spiro atoms. The minimum atomic E-state index is 0.121. The van der Waals surface area contributed by atoms with Crippen molar-refractivity contribution in [1.82, 2.24) is 9.97 Å². The first-order valence-corrected chi connectivity index (χ1v) is 10.3. The fourth-order valence-electron chi connectivity index (χ4n) is 2.77. The monoisotopic (exact) mass is 410 g/mol. The molecule has 6 nitrogen and oxygen atoms in total. The average molecular weight is 411 g/mol. The number of aromatic nitrogens is 2. The van der Waals surface area contributed by atoms with E-state index in [2.05, 4.69) is 27.4 Å². The number of aromatic hydroxyl groups is 1. The third-order valence-electron chi connectivity index (χ3n) is 4.00. The van der Waals surface area contributed by atoms with Crippen molar-refractivity contribution < 1.29 is 9.84 Å². The molecule has 0 aliphatic heterocycles. The highest BCUT2D eigenvalue weighted by molar-refractivity contribution is 7.23. The summed E-state index contributed by atoms with van der Waals surface area (Å²) in [4.78, 5) is 11.5. The van der Waals surface area contributed by atoms with Gasteiger partial charge in [0.1, 0.15) is 22.3 Å². The number of anilines is 1. The van der Waals surface area contributed by atoms with E-state index in [9.17, 15) is 5.11 Å². The molecule has 0 aliphatic rings. The lowest BCUT2D eigenvalue weighted by Crippen LogP contribution is -1.93. The lowest BCUT2D eigenvalue weighted by molar-refractivity contribution is 0.341. The van der Waals surface area contributed by atoms with Gasteiger partial charge in [0.25, 0.3) is 0 Å². The standard InChI is InChI=1S/C20H18N4O2S2/c1-3-26-15-7-5-4-6-14(15)18-17(25)16-19(28-18)20(22-11-21-16)24-23-10-13-9-8-12(2)27-13/h4-11,25H,3H2,1-2H3,(H,21,22,24)/b23-10+. The Balaban J connectivity index is 1.71. The van der Waals surface area contributed by atoms with Crippen LogP contribution in [0.2, 0.25) is 0 Å². The summed E-state index contributed by atoms with van der Waals surface area (Å²) in [6, 6.07) is 11.7. The quantitative estimate of drug-likeness (QED) is 0.334. The molecule has 4 rings (SSSR count). The molecule has 8 heteroatoms. The first-order chi connectivity index (χ1) is 13.7. The van der Waals surface area contributed by atoms with E-state index >= 15 is 0 Å². The van der Waals surface area contributed by atoms with Crippen LogP contribution in [0.5, 0.6) is 11.5 Å². The zero-order valence-corrected chi connectivity index (χ0v) is 17.0. The van der Waals surface area contributed by atoms with Crippen LogP contribution >= 0.6 is 22.7 Å². The number of hydrogen-bond acceptors (Lipinski definition) is 8. The largest absolute Gasteiger partial charge is 0.504 e. The zero-order chi connectivity index (χ0) is 19.5. The predicted octanol–water partition coefficient (Wildman–Crippen LogP) is 5.28. The number of ether oxygens (including phenoxy) is 1. The van der Waals surface area contributed by atoms with Crippen LogP contribution in [0.4, 0.5) is 5.82 Å². The second-order valence-corrected chi connectivity index (χ2v) is 8.27. The summed E-state index contributed by atoms with van der Waals surface area (Å²) in [6.45, 7) is 4.54. The van der Waals surface area contributed by atoms with Crippen LogP contribution in [0, 0.1) is 6.92 Å². The number of hydrazone groups is 1. The minimum Gasteiger partial charge on any atom is -0.504 e. The minimum absolute atomic E-state index is 0.121. The molecule has 2 N–H and O–H groups in total. The molecule has 4 aromatic rings. The summed E-state index contributed by atoms with van der Waals surface area (Å²) in [5.41, 5.74) is 4.29. The van der Waals surface area contributed by atoms with Gasteiger partial charge in [-0.1, -0.05) is 12.1 Å². The molecule has 0 radical (unpaired) electrons. The van der Waals surface area contributed by atoms with Gasteiger partial charge < -0.3 is 9.84 Å². The maximum absolute atomic E-state index is 10.8. The van der Waals surface area contributed by atoms with Crippen molar-refractivity contribution in [1.29, 1.82) is 0 Å². The van der Waals surface area contributed by atoms with Crippen LogP contribution in [0.1, 0.15) is 16.7 Å². The lowest BCUT2D eigenvalue weighted by atomic mass is 10.1. The average Bonchev–Trinajstić information content (AvgIpc) is 3.26. The van der Waals surface area contributed by atoms with Crippen molar-refractivity contribution in [3.63, 3.8) is 0 Å². The number of thiophene rings is 2. The Morgan fingerprint density at radius 2 is 2.04 bits per heavy atom. The molecule has 3 heterocycles. The van der Waals surface area contributed by atoms with Crippen molar-refractivity contribution in [2.45, 2.75) is 13.8 Å². The van der Waals surface area contributed by atoms with Gasteiger partial charge in [-0.2, -0.15) is 5.10 Å². The fourth-order valence-corrected chi connectivity index (χ4v) is 4.64. The Labute approximate surface area is 170 Å². The van der Waals surface area contributed by atoms with E-state index in [1.54, 1.807) is 17.6 Å². The molecule has 0 unspecified atom stereocenters. The summed E-state index contributed by atoms with van der Waals surface area (Å²) >= 11 is 3.07. The third kappa shape index (κ3) is 3.56. The molecule has 3 aromatic heterocycles. The summed E-state index contributed by atoms with van der Waals surface area (Å²) in [6.07, 6.45) is 3.17. The molecule has 28 heavy (non-hydrogen) atoms. The van der Waals surface area contributed by atoms with E-state index in [1.165, 1.54) is 22.5 Å². The second-order valence-electron chi connectivity index (χ2n) is 5.93. The molecule has 142 valence electrons. The van der Waals surface area contributed by atoms with E-state index < -0.39 is 0 Å². The van der Waals surface area contributed by atoms with E-state index in [1.807, 2.05) is 43.3 Å². The molecule has 1 aromatic carbocycles. The van der Waals surface area contributed by atoms with Crippen LogP contribution in [-0.4, -0.2) is 27.9 Å². The SMILES string of the molecule is CCOc1ccccc1-c1sc2c(N/N=C/c3ccc(C)s3)ncnc2c1O. The Bertz CT molecular complexity index is 1150. The van der Waals surface area contributed by atoms with Gasteiger partial charge in [0.15, 0.2) is 11.6 Å². The number of hydrogen-bond donors (Lipinski definition) is 2. The molecule has 0 fully saturated rings. The maximum Gasteiger partial charge on any atom is 0.167 e. The molecule has 0 atom stereocenters. The topological polar surface area (TPSA) is 79.6 Å². The van der Waals surface area contributed by atoms with Gasteiger partial charge in [-0.3, -0.25) is 5.43 Å². The lowest BCUT2D eigenvalue weighted by Gasteiger charge is -2.08. The Morgan fingerprint density at radius 1 is 1.18 bits per heavy atom. The highest BCUT2D eigenvalue weighted by Crippen LogP contribution is 2.47. The van der Waals surface area contributed by atoms with Crippen LogP contribution in [0.25, 0.3) is 20.7 Å². The van der Waals surface area contributed by atoms with Crippen molar-refractivity contribution in [3.8, 4) is 21.9 Å². The smallest absolute Gasteiger partial charge is 0.167 e. The first kappa shape index (κ1) is 18.4. The second kappa shape index (κ2) is 7.95. The number of para-hydroxylation sites is 1. The highest BCUT2D eigenvalue weighted by Gasteiger charge is 2.19. The number of nitrogens with one attached hydrogen (secondary N) is 1. The highest BCUT2D eigenvalue weighted by atomic mass is 32.1. The predicted molar refractivity (Wildman–Crippen MR) is 116 cm³/mol. The molecular weight excluding hydrogens is 392 g/mol. The summed E-state index contributed by atoms with van der Waals surface area (Å²) < 4.78 is 6.45. The van der Waals surface area contributed by atoms with Gasteiger partial charge in [-0.15, -0.1) is 22.7 Å². The van der Waals surface area contributed by atoms with Gasteiger partial charge >= 0.3 is 0 Å². The number of benzene rings is 1. The van der Waals surface area contributed by atoms with Crippen molar-refractivity contribution in [3.05, 3.63) is 52.5 Å². The van der Waals surface area contributed by atoms with E-state index in [4.69, 9.17) is 4.74 Å². The molecule has 0 amide bonds. The van der Waals surface area contributed by atoms with Crippen molar-refractivity contribution in [2.24, 2.45) is 5.10 Å². The van der Waals surface area contributed by atoms with Crippen LogP contribution in [0.15, 0.2) is 47.8 Å². The fraction of sp³-hybridized carbons (Fsp3) is 0.150. The molecular formula is C20H18N4O2S2. The Hall–Kier alpha value is -2.97. The Morgan fingerprint density at radius 3 is 2.82 bits per heavy atom. The summed E-state index contributed by atoms with van der Waals surface area (Å²) in [7, 11) is 0. The van der Waals surface area contributed by atoms with Crippen LogP contribution in [0.3, 0.4) is 0 Å². The van der Waals surface area contributed by atoms with Gasteiger partial charge in [0.05, 0.1) is 17.7 Å². The maximum atomic E-state index is 10.8. The zero-order valence-electron chi connectivity index (χ0n) is 15.3. The van der Waals surface area contributed by atoms with Gasteiger partial charge in [-0.05, 0) is 38.1 Å². The van der Waals surface area contributed by atoms with E-state index in [0.717, 1.165) is 20.9 Å². The normalized spacial score (nSPS) is 11.4. The molecule has 0 bridgehead atoms. The number of nitrogens with zero attached hydrogens (tertiary/aromatic N) is 3. The van der Waals surface area contributed by atoms with Crippen LogP contribution in [-0.2, 0) is 0 Å². The van der Waals surface area contributed by atoms with Gasteiger partial charge in [0.2, 0.25) is 0 Å². The Kier molecular flexibility index (Phi) is 5.23. The van der Waals surface area contributed by atoms with Crippen molar-refractivity contribution >= 4 is 44.9 Å². The molecule has 0 aliphatic carbocycles. The van der Waals surface area contributed by atoms with Gasteiger partial charge in [0, 0.05) is 15.3 Å². The van der Waals surface area contributed by atoms with Crippen LogP contribution < -0.4 is 10.2 Å². The summed E-state index contributed by atoms with van der Waals surface area (Å²) in [5.74, 6) is 1.39. The van der Waals surface area contributed by atoms with E-state index in [0.29, 0.717) is 22.8 Å². The van der Waals surface area contributed by atoms with Crippen molar-refractivity contribution in [2.75, 3.05) is 12.0 Å².